The maximum atomic E-state index is 6.09. The second-order valence-electron chi connectivity index (χ2n) is 5.68. The summed E-state index contributed by atoms with van der Waals surface area (Å²) in [7, 11) is 0. The van der Waals surface area contributed by atoms with Gasteiger partial charge in [0, 0.05) is 27.2 Å². The Balaban J connectivity index is 1.94. The quantitative estimate of drug-likeness (QED) is 0.651. The predicted octanol–water partition coefficient (Wildman–Crippen LogP) is 5.23. The lowest BCUT2D eigenvalue weighted by Crippen LogP contribution is -2.05. The molecule has 0 unspecified atom stereocenters. The summed E-state index contributed by atoms with van der Waals surface area (Å²) in [4.78, 5) is 0. The van der Waals surface area contributed by atoms with Crippen molar-refractivity contribution in [2.24, 2.45) is 0 Å². The topological polar surface area (TPSA) is 29.9 Å². The van der Waals surface area contributed by atoms with Crippen LogP contribution in [-0.2, 0) is 6.42 Å². The summed E-state index contributed by atoms with van der Waals surface area (Å²) >= 11 is 9.74. The monoisotopic (exact) mass is 387 g/mol. The standard InChI is InChI=1S/C18H15BrClN3/c1-11-10-12(20)6-7-16(11)23-18-14(8-9-21-18)17(22-23)13-4-2-3-5-15(13)19/h2-7,10,21H,8-9H2,1H3. The minimum atomic E-state index is 0.744. The van der Waals surface area contributed by atoms with E-state index in [-0.39, 0.29) is 0 Å². The summed E-state index contributed by atoms with van der Waals surface area (Å²) < 4.78 is 3.06. The molecule has 0 saturated carbocycles. The van der Waals surface area contributed by atoms with E-state index in [9.17, 15) is 0 Å². The number of anilines is 1. The van der Waals surface area contributed by atoms with Gasteiger partial charge in [0.2, 0.25) is 0 Å². The highest BCUT2D eigenvalue weighted by Gasteiger charge is 2.25. The Bertz CT molecular complexity index is 901. The van der Waals surface area contributed by atoms with E-state index in [0.29, 0.717) is 0 Å². The van der Waals surface area contributed by atoms with Gasteiger partial charge in [-0.1, -0.05) is 45.7 Å². The van der Waals surface area contributed by atoms with Crippen molar-refractivity contribution in [1.29, 1.82) is 0 Å². The Labute approximate surface area is 148 Å². The van der Waals surface area contributed by atoms with Crippen LogP contribution in [0.15, 0.2) is 46.9 Å². The molecule has 2 aromatic carbocycles. The van der Waals surface area contributed by atoms with Crippen molar-refractivity contribution in [2.45, 2.75) is 13.3 Å². The molecule has 1 aliphatic heterocycles. The number of aromatic nitrogens is 2. The predicted molar refractivity (Wildman–Crippen MR) is 98.6 cm³/mol. The third-order valence-corrected chi connectivity index (χ3v) is 5.09. The first kappa shape index (κ1) is 14.8. The molecular weight excluding hydrogens is 374 g/mol. The largest absolute Gasteiger partial charge is 0.369 e. The van der Waals surface area contributed by atoms with Gasteiger partial charge in [0.25, 0.3) is 0 Å². The summed E-state index contributed by atoms with van der Waals surface area (Å²) in [6.45, 7) is 3.00. The number of fused-ring (bicyclic) bond motifs is 1. The van der Waals surface area contributed by atoms with Crippen LogP contribution in [0.4, 0.5) is 5.82 Å². The Morgan fingerprint density at radius 2 is 2.04 bits per heavy atom. The molecule has 1 aromatic heterocycles. The Morgan fingerprint density at radius 1 is 1.22 bits per heavy atom. The molecule has 0 aliphatic carbocycles. The SMILES string of the molecule is Cc1cc(Cl)ccc1-n1nc(-c2ccccc2Br)c2c1NCC2. The van der Waals surface area contributed by atoms with Gasteiger partial charge in [-0.3, -0.25) is 0 Å². The van der Waals surface area contributed by atoms with Crippen molar-refractivity contribution in [3.05, 3.63) is 63.1 Å². The molecule has 2 heterocycles. The van der Waals surface area contributed by atoms with Crippen LogP contribution in [0, 0.1) is 6.92 Å². The molecule has 0 radical (unpaired) electrons. The first-order chi connectivity index (χ1) is 11.1. The van der Waals surface area contributed by atoms with Crippen molar-refractivity contribution in [3.8, 4) is 16.9 Å². The van der Waals surface area contributed by atoms with E-state index in [4.69, 9.17) is 16.7 Å². The van der Waals surface area contributed by atoms with E-state index >= 15 is 0 Å². The molecule has 1 aliphatic rings. The van der Waals surface area contributed by atoms with Gasteiger partial charge in [0.15, 0.2) is 0 Å². The Hall–Kier alpha value is -1.78. The van der Waals surface area contributed by atoms with Gasteiger partial charge >= 0.3 is 0 Å². The highest BCUT2D eigenvalue weighted by molar-refractivity contribution is 9.10. The van der Waals surface area contributed by atoms with Crippen molar-refractivity contribution in [1.82, 2.24) is 9.78 Å². The van der Waals surface area contributed by atoms with E-state index in [0.717, 1.165) is 50.8 Å². The second-order valence-corrected chi connectivity index (χ2v) is 6.97. The number of rotatable bonds is 2. The van der Waals surface area contributed by atoms with Crippen molar-refractivity contribution >= 4 is 33.3 Å². The number of halogens is 2. The van der Waals surface area contributed by atoms with E-state index in [1.807, 2.05) is 35.0 Å². The van der Waals surface area contributed by atoms with Crippen LogP contribution >= 0.6 is 27.5 Å². The summed E-state index contributed by atoms with van der Waals surface area (Å²) in [5, 5.41) is 9.12. The van der Waals surface area contributed by atoms with E-state index in [2.05, 4.69) is 40.3 Å². The third-order valence-electron chi connectivity index (χ3n) is 4.17. The highest BCUT2D eigenvalue weighted by Crippen LogP contribution is 2.38. The van der Waals surface area contributed by atoms with Crippen LogP contribution in [0.3, 0.4) is 0 Å². The highest BCUT2D eigenvalue weighted by atomic mass is 79.9. The number of benzene rings is 2. The molecule has 0 atom stereocenters. The zero-order valence-electron chi connectivity index (χ0n) is 12.6. The molecule has 0 fully saturated rings. The summed E-state index contributed by atoms with van der Waals surface area (Å²) in [5.74, 6) is 1.08. The van der Waals surface area contributed by atoms with Crippen LogP contribution in [0.5, 0.6) is 0 Å². The molecule has 23 heavy (non-hydrogen) atoms. The van der Waals surface area contributed by atoms with Gasteiger partial charge < -0.3 is 5.32 Å². The summed E-state index contributed by atoms with van der Waals surface area (Å²) in [6.07, 6.45) is 0.985. The molecule has 5 heteroatoms. The molecule has 0 bridgehead atoms. The number of hydrogen-bond acceptors (Lipinski definition) is 2. The minimum absolute atomic E-state index is 0.744. The second kappa shape index (κ2) is 5.69. The number of aryl methyl sites for hydroxylation is 1. The normalized spacial score (nSPS) is 13.0. The van der Waals surface area contributed by atoms with Gasteiger partial charge in [0.1, 0.15) is 5.82 Å². The van der Waals surface area contributed by atoms with E-state index in [1.165, 1.54) is 5.56 Å². The fourth-order valence-electron chi connectivity index (χ4n) is 3.08. The van der Waals surface area contributed by atoms with E-state index < -0.39 is 0 Å². The fourth-order valence-corrected chi connectivity index (χ4v) is 3.77. The fraction of sp³-hybridized carbons (Fsp3) is 0.167. The number of nitrogens with zero attached hydrogens (tertiary/aromatic N) is 2. The minimum Gasteiger partial charge on any atom is -0.369 e. The zero-order chi connectivity index (χ0) is 16.0. The molecule has 3 aromatic rings. The van der Waals surface area contributed by atoms with Crippen LogP contribution in [0.1, 0.15) is 11.1 Å². The maximum absolute atomic E-state index is 6.09. The van der Waals surface area contributed by atoms with E-state index in [1.54, 1.807) is 0 Å². The average Bonchev–Trinajstić information content (AvgIpc) is 3.11. The Kier molecular flexibility index (Phi) is 3.66. The summed E-state index contributed by atoms with van der Waals surface area (Å²) in [5.41, 5.74) is 5.59. The molecule has 3 nitrogen and oxygen atoms in total. The smallest absolute Gasteiger partial charge is 0.133 e. The van der Waals surface area contributed by atoms with Gasteiger partial charge in [-0.2, -0.15) is 5.10 Å². The first-order valence-corrected chi connectivity index (χ1v) is 8.69. The molecule has 0 saturated heterocycles. The van der Waals surface area contributed by atoms with Crippen LogP contribution < -0.4 is 5.32 Å². The molecule has 0 spiro atoms. The van der Waals surface area contributed by atoms with Gasteiger partial charge in [-0.15, -0.1) is 0 Å². The summed E-state index contributed by atoms with van der Waals surface area (Å²) in [6, 6.07) is 14.1. The van der Waals surface area contributed by atoms with Crippen LogP contribution in [0.25, 0.3) is 16.9 Å². The molecular formula is C18H15BrClN3. The maximum Gasteiger partial charge on any atom is 0.133 e. The van der Waals surface area contributed by atoms with Crippen LogP contribution in [-0.4, -0.2) is 16.3 Å². The first-order valence-electron chi connectivity index (χ1n) is 7.52. The van der Waals surface area contributed by atoms with Gasteiger partial charge in [-0.05, 0) is 43.2 Å². The average molecular weight is 389 g/mol. The zero-order valence-corrected chi connectivity index (χ0v) is 14.9. The molecule has 116 valence electrons. The van der Waals surface area contributed by atoms with Crippen molar-refractivity contribution < 1.29 is 0 Å². The van der Waals surface area contributed by atoms with Gasteiger partial charge in [0.05, 0.1) is 11.4 Å². The van der Waals surface area contributed by atoms with Crippen molar-refractivity contribution in [2.75, 3.05) is 11.9 Å². The lowest BCUT2D eigenvalue weighted by atomic mass is 10.1. The molecule has 4 rings (SSSR count). The molecule has 1 N–H and O–H groups in total. The third kappa shape index (κ3) is 2.46. The lowest BCUT2D eigenvalue weighted by molar-refractivity contribution is 0.875. The molecule has 0 amide bonds. The number of hydrogen-bond donors (Lipinski definition) is 1. The van der Waals surface area contributed by atoms with Gasteiger partial charge in [-0.25, -0.2) is 4.68 Å². The van der Waals surface area contributed by atoms with Crippen LogP contribution in [0.2, 0.25) is 5.02 Å². The number of nitrogens with one attached hydrogen (secondary N) is 1. The lowest BCUT2D eigenvalue weighted by Gasteiger charge is -2.10. The Morgan fingerprint density at radius 3 is 2.83 bits per heavy atom. The van der Waals surface area contributed by atoms with Crippen molar-refractivity contribution in [3.63, 3.8) is 0 Å².